The maximum atomic E-state index is 10.7. The van der Waals surface area contributed by atoms with Crippen molar-refractivity contribution in [3.8, 4) is 0 Å². The predicted octanol–water partition coefficient (Wildman–Crippen LogP) is -1.24. The molecule has 0 saturated heterocycles. The van der Waals surface area contributed by atoms with Crippen LogP contribution in [0.2, 0.25) is 0 Å². The normalized spacial score (nSPS) is 13.0. The van der Waals surface area contributed by atoms with Crippen LogP contribution in [0.1, 0.15) is 12.5 Å². The van der Waals surface area contributed by atoms with Crippen molar-refractivity contribution in [3.05, 3.63) is 29.8 Å². The Labute approximate surface area is 117 Å². The van der Waals surface area contributed by atoms with Crippen LogP contribution in [0, 0.1) is 0 Å². The van der Waals surface area contributed by atoms with Gasteiger partial charge in [-0.25, -0.2) is 8.42 Å². The Morgan fingerprint density at radius 3 is 2.53 bits per heavy atom. The summed E-state index contributed by atoms with van der Waals surface area (Å²) < 4.78 is 32.0. The molecule has 0 spiro atoms. The van der Waals surface area contributed by atoms with Crippen molar-refractivity contribution in [1.29, 1.82) is 0 Å². The van der Waals surface area contributed by atoms with E-state index in [2.05, 4.69) is 0 Å². The Kier molecular flexibility index (Phi) is 6.40. The zero-order chi connectivity index (χ0) is 10.8. The van der Waals surface area contributed by atoms with Crippen LogP contribution in [0.3, 0.4) is 0 Å². The van der Waals surface area contributed by atoms with Crippen molar-refractivity contribution in [2.24, 2.45) is 0 Å². The van der Waals surface area contributed by atoms with Crippen LogP contribution >= 0.6 is 11.6 Å². The number of hydrogen-bond donors (Lipinski definition) is 0. The van der Waals surface area contributed by atoms with E-state index in [0.29, 0.717) is 6.42 Å². The summed E-state index contributed by atoms with van der Waals surface area (Å²) in [7, 11) is -4.35. The van der Waals surface area contributed by atoms with E-state index in [9.17, 15) is 13.0 Å². The third kappa shape index (κ3) is 5.33. The van der Waals surface area contributed by atoms with E-state index in [1.54, 1.807) is 19.1 Å². The molecule has 0 heterocycles. The first-order valence-corrected chi connectivity index (χ1v) is 5.93. The van der Waals surface area contributed by atoms with Gasteiger partial charge in [0.05, 0.1) is 4.90 Å². The first kappa shape index (κ1) is 15.4. The van der Waals surface area contributed by atoms with Crippen LogP contribution in [0.5, 0.6) is 0 Å². The Hall–Kier alpha value is 0.420. The molecule has 1 atom stereocenters. The second kappa shape index (κ2) is 6.23. The molecule has 6 heteroatoms. The van der Waals surface area contributed by atoms with E-state index in [4.69, 9.17) is 11.6 Å². The molecule has 0 aliphatic carbocycles. The largest absolute Gasteiger partial charge is 1.00 e. The van der Waals surface area contributed by atoms with Crippen LogP contribution in [-0.4, -0.2) is 18.3 Å². The minimum atomic E-state index is -4.35. The number of benzene rings is 1. The van der Waals surface area contributed by atoms with Gasteiger partial charge in [-0.05, 0) is 31.0 Å². The van der Waals surface area contributed by atoms with Crippen molar-refractivity contribution >= 4 is 21.7 Å². The Balaban J connectivity index is 0.00000196. The standard InChI is InChI=1S/C9H11ClO3S.Na/c1-7(10)5-8-3-2-4-9(6-8)14(11,12)13;/h2-4,6-7H,5H2,1H3,(H,11,12,13);/q;+1/p-1. The summed E-state index contributed by atoms with van der Waals surface area (Å²) in [6.07, 6.45) is 0.547. The van der Waals surface area contributed by atoms with Gasteiger partial charge in [0.2, 0.25) is 0 Å². The smallest absolute Gasteiger partial charge is 0.744 e. The molecule has 15 heavy (non-hydrogen) atoms. The fourth-order valence-electron chi connectivity index (χ4n) is 1.15. The van der Waals surface area contributed by atoms with Crippen LogP contribution in [0.25, 0.3) is 0 Å². The van der Waals surface area contributed by atoms with Gasteiger partial charge in [-0.1, -0.05) is 12.1 Å². The number of alkyl halides is 1. The molecule has 0 aromatic heterocycles. The van der Waals surface area contributed by atoms with Gasteiger partial charge in [0.25, 0.3) is 0 Å². The van der Waals surface area contributed by atoms with Gasteiger partial charge < -0.3 is 4.55 Å². The fourth-order valence-corrected chi connectivity index (χ4v) is 1.87. The van der Waals surface area contributed by atoms with E-state index in [1.807, 2.05) is 0 Å². The summed E-state index contributed by atoms with van der Waals surface area (Å²) in [6.45, 7) is 1.81. The maximum Gasteiger partial charge on any atom is 1.00 e. The summed E-state index contributed by atoms with van der Waals surface area (Å²) in [6, 6.07) is 5.93. The molecule has 1 aromatic carbocycles. The molecule has 0 amide bonds. The maximum absolute atomic E-state index is 10.7. The van der Waals surface area contributed by atoms with Gasteiger partial charge in [-0.15, -0.1) is 11.6 Å². The van der Waals surface area contributed by atoms with Gasteiger partial charge in [0, 0.05) is 5.38 Å². The second-order valence-electron chi connectivity index (χ2n) is 3.09. The zero-order valence-electron chi connectivity index (χ0n) is 8.60. The monoisotopic (exact) mass is 256 g/mol. The van der Waals surface area contributed by atoms with Crippen molar-refractivity contribution < 1.29 is 42.5 Å². The number of rotatable bonds is 3. The second-order valence-corrected chi connectivity index (χ2v) is 5.21. The van der Waals surface area contributed by atoms with Crippen LogP contribution < -0.4 is 29.6 Å². The molecule has 78 valence electrons. The molecule has 0 radical (unpaired) electrons. The zero-order valence-corrected chi connectivity index (χ0v) is 12.2. The number of halogens is 1. The molecular formula is C9H10ClNaO3S. The summed E-state index contributed by atoms with van der Waals surface area (Å²) in [5.74, 6) is 0. The van der Waals surface area contributed by atoms with E-state index in [0.717, 1.165) is 5.56 Å². The van der Waals surface area contributed by atoms with E-state index in [1.165, 1.54) is 12.1 Å². The van der Waals surface area contributed by atoms with Crippen molar-refractivity contribution in [1.82, 2.24) is 0 Å². The Morgan fingerprint density at radius 2 is 2.07 bits per heavy atom. The van der Waals surface area contributed by atoms with E-state index in [-0.39, 0.29) is 39.8 Å². The van der Waals surface area contributed by atoms with Gasteiger partial charge >= 0.3 is 29.6 Å². The fraction of sp³-hybridized carbons (Fsp3) is 0.333. The van der Waals surface area contributed by atoms with Gasteiger partial charge in [0.15, 0.2) is 0 Å². The molecule has 3 nitrogen and oxygen atoms in total. The van der Waals surface area contributed by atoms with Gasteiger partial charge in [-0.3, -0.25) is 0 Å². The van der Waals surface area contributed by atoms with E-state index < -0.39 is 10.1 Å². The molecular weight excluding hydrogens is 247 g/mol. The first-order chi connectivity index (χ1) is 6.39. The van der Waals surface area contributed by atoms with Gasteiger partial charge in [0.1, 0.15) is 10.1 Å². The van der Waals surface area contributed by atoms with Crippen molar-refractivity contribution in [3.63, 3.8) is 0 Å². The Morgan fingerprint density at radius 1 is 1.47 bits per heavy atom. The number of hydrogen-bond acceptors (Lipinski definition) is 3. The van der Waals surface area contributed by atoms with Crippen LogP contribution in [0.15, 0.2) is 29.2 Å². The molecule has 0 aliphatic rings. The third-order valence-electron chi connectivity index (χ3n) is 1.70. The molecule has 0 saturated carbocycles. The third-order valence-corrected chi connectivity index (χ3v) is 2.69. The average Bonchev–Trinajstić information content (AvgIpc) is 2.01. The Bertz CT molecular complexity index is 417. The quantitative estimate of drug-likeness (QED) is 0.386. The minimum absolute atomic E-state index is 0. The van der Waals surface area contributed by atoms with Crippen LogP contribution in [0.4, 0.5) is 0 Å². The van der Waals surface area contributed by atoms with E-state index >= 15 is 0 Å². The molecule has 0 bridgehead atoms. The summed E-state index contributed by atoms with van der Waals surface area (Å²) in [4.78, 5) is -0.202. The van der Waals surface area contributed by atoms with Gasteiger partial charge in [-0.2, -0.15) is 0 Å². The summed E-state index contributed by atoms with van der Waals surface area (Å²) in [5.41, 5.74) is 0.754. The summed E-state index contributed by atoms with van der Waals surface area (Å²) in [5, 5.41) is -0.0837. The molecule has 1 rings (SSSR count). The molecule has 0 fully saturated rings. The van der Waals surface area contributed by atoms with Crippen LogP contribution in [-0.2, 0) is 16.5 Å². The molecule has 0 N–H and O–H groups in total. The first-order valence-electron chi connectivity index (χ1n) is 4.08. The average molecular weight is 257 g/mol. The predicted molar refractivity (Wildman–Crippen MR) is 53.4 cm³/mol. The van der Waals surface area contributed by atoms with Crippen molar-refractivity contribution in [2.45, 2.75) is 23.6 Å². The molecule has 0 aliphatic heterocycles. The molecule has 1 unspecified atom stereocenters. The SMILES string of the molecule is CC(Cl)Cc1cccc(S(=O)(=O)[O-])c1.[Na+]. The van der Waals surface area contributed by atoms with Crippen molar-refractivity contribution in [2.75, 3.05) is 0 Å². The topological polar surface area (TPSA) is 57.2 Å². The molecule has 1 aromatic rings. The summed E-state index contributed by atoms with van der Waals surface area (Å²) >= 11 is 5.75. The minimum Gasteiger partial charge on any atom is -0.744 e.